The van der Waals surface area contributed by atoms with Gasteiger partial charge < -0.3 is 5.32 Å². The van der Waals surface area contributed by atoms with Crippen LogP contribution in [0, 0.1) is 5.92 Å². The fourth-order valence-electron chi connectivity index (χ4n) is 2.79. The van der Waals surface area contributed by atoms with Crippen LogP contribution in [-0.4, -0.2) is 20.4 Å². The summed E-state index contributed by atoms with van der Waals surface area (Å²) in [5.74, 6) is 0.00963. The summed E-state index contributed by atoms with van der Waals surface area (Å²) in [4.78, 5) is 12.8. The Kier molecular flexibility index (Phi) is 5.44. The van der Waals surface area contributed by atoms with Crippen LogP contribution < -0.4 is 10.0 Å². The van der Waals surface area contributed by atoms with E-state index in [1.165, 1.54) is 12.1 Å². The van der Waals surface area contributed by atoms with Crippen LogP contribution in [0.4, 0.5) is 0 Å². The van der Waals surface area contributed by atoms with Crippen molar-refractivity contribution in [3.8, 4) is 0 Å². The molecule has 0 aromatic heterocycles. The number of rotatable bonds is 7. The third-order valence-electron chi connectivity index (χ3n) is 4.44. The van der Waals surface area contributed by atoms with Crippen molar-refractivity contribution in [2.24, 2.45) is 5.92 Å². The van der Waals surface area contributed by atoms with Crippen LogP contribution in [-0.2, 0) is 10.0 Å². The molecule has 2 aromatic carbocycles. The van der Waals surface area contributed by atoms with Crippen LogP contribution in [0.25, 0.3) is 0 Å². The Bertz CT molecular complexity index is 858. The Morgan fingerprint density at radius 3 is 2.15 bits per heavy atom. The molecule has 1 unspecified atom stereocenters. The Morgan fingerprint density at radius 2 is 1.62 bits per heavy atom. The zero-order chi connectivity index (χ0) is 18.7. The normalized spacial score (nSPS) is 15.7. The lowest BCUT2D eigenvalue weighted by Gasteiger charge is -2.23. The zero-order valence-electron chi connectivity index (χ0n) is 15.0. The van der Waals surface area contributed by atoms with E-state index >= 15 is 0 Å². The summed E-state index contributed by atoms with van der Waals surface area (Å²) >= 11 is 0. The number of carbonyl (C=O) groups is 1. The molecular formula is C20H24N2O3S. The number of hydrogen-bond acceptors (Lipinski definition) is 3. The van der Waals surface area contributed by atoms with Crippen molar-refractivity contribution in [2.45, 2.75) is 43.7 Å². The van der Waals surface area contributed by atoms with Crippen LogP contribution in [0.1, 0.15) is 48.7 Å². The van der Waals surface area contributed by atoms with Crippen molar-refractivity contribution in [1.82, 2.24) is 10.0 Å². The van der Waals surface area contributed by atoms with Gasteiger partial charge in [0.2, 0.25) is 10.0 Å². The molecule has 2 N–H and O–H groups in total. The highest BCUT2D eigenvalue weighted by Gasteiger charge is 2.28. The van der Waals surface area contributed by atoms with Crippen molar-refractivity contribution in [3.05, 3.63) is 65.7 Å². The molecule has 0 radical (unpaired) electrons. The standard InChI is InChI=1S/C20H24N2O3S/c1-14(2)19(15-6-4-3-5-7-15)21-20(23)16-8-12-18(13-9-16)26(24,25)22-17-10-11-17/h3-9,12-14,17,19,22H,10-11H2,1-2H3,(H,21,23). The molecule has 1 fully saturated rings. The maximum Gasteiger partial charge on any atom is 0.251 e. The Hall–Kier alpha value is -2.18. The van der Waals surface area contributed by atoms with Gasteiger partial charge in [-0.25, -0.2) is 13.1 Å². The van der Waals surface area contributed by atoms with E-state index in [-0.39, 0.29) is 28.8 Å². The van der Waals surface area contributed by atoms with E-state index in [2.05, 4.69) is 23.9 Å². The Labute approximate surface area is 154 Å². The molecule has 5 nitrogen and oxygen atoms in total. The molecule has 0 aliphatic heterocycles. The zero-order valence-corrected chi connectivity index (χ0v) is 15.8. The van der Waals surface area contributed by atoms with Crippen LogP contribution >= 0.6 is 0 Å². The van der Waals surface area contributed by atoms with Gasteiger partial charge in [0.05, 0.1) is 10.9 Å². The minimum atomic E-state index is -3.50. The third-order valence-corrected chi connectivity index (χ3v) is 5.97. The smallest absolute Gasteiger partial charge is 0.251 e. The predicted molar refractivity (Wildman–Crippen MR) is 101 cm³/mol. The Balaban J connectivity index is 1.73. The van der Waals surface area contributed by atoms with Crippen molar-refractivity contribution in [1.29, 1.82) is 0 Å². The molecule has 138 valence electrons. The number of amides is 1. The van der Waals surface area contributed by atoms with Gasteiger partial charge in [0.15, 0.2) is 0 Å². The molecule has 0 spiro atoms. The van der Waals surface area contributed by atoms with Crippen molar-refractivity contribution in [3.63, 3.8) is 0 Å². The first-order chi connectivity index (χ1) is 12.4. The first-order valence-electron chi connectivity index (χ1n) is 8.85. The number of nitrogens with one attached hydrogen (secondary N) is 2. The van der Waals surface area contributed by atoms with Gasteiger partial charge in [-0.2, -0.15) is 0 Å². The lowest BCUT2D eigenvalue weighted by molar-refractivity contribution is 0.0925. The van der Waals surface area contributed by atoms with Crippen LogP contribution in [0.15, 0.2) is 59.5 Å². The van der Waals surface area contributed by atoms with Gasteiger partial charge >= 0.3 is 0 Å². The highest BCUT2D eigenvalue weighted by Crippen LogP contribution is 2.23. The number of hydrogen-bond donors (Lipinski definition) is 2. The van der Waals surface area contributed by atoms with E-state index in [0.29, 0.717) is 5.56 Å². The first kappa shape index (κ1) is 18.6. The number of carbonyl (C=O) groups excluding carboxylic acids is 1. The second-order valence-electron chi connectivity index (χ2n) is 7.03. The molecule has 0 saturated heterocycles. The van der Waals surface area contributed by atoms with Gasteiger partial charge in [0, 0.05) is 11.6 Å². The lowest BCUT2D eigenvalue weighted by atomic mass is 9.95. The maximum atomic E-state index is 12.6. The molecule has 0 heterocycles. The first-order valence-corrected chi connectivity index (χ1v) is 10.3. The molecule has 26 heavy (non-hydrogen) atoms. The van der Waals surface area contributed by atoms with Gasteiger partial charge in [-0.15, -0.1) is 0 Å². The number of benzene rings is 2. The van der Waals surface area contributed by atoms with E-state index in [4.69, 9.17) is 0 Å². The summed E-state index contributed by atoms with van der Waals surface area (Å²) < 4.78 is 27.0. The molecule has 1 aliphatic rings. The van der Waals surface area contributed by atoms with Crippen molar-refractivity contribution < 1.29 is 13.2 Å². The molecule has 1 aliphatic carbocycles. The second kappa shape index (κ2) is 7.60. The van der Waals surface area contributed by atoms with Gasteiger partial charge in [-0.1, -0.05) is 44.2 Å². The summed E-state index contributed by atoms with van der Waals surface area (Å²) in [6, 6.07) is 15.8. The monoisotopic (exact) mass is 372 g/mol. The van der Waals surface area contributed by atoms with Crippen LogP contribution in [0.3, 0.4) is 0 Å². The largest absolute Gasteiger partial charge is 0.345 e. The molecule has 0 bridgehead atoms. The summed E-state index contributed by atoms with van der Waals surface area (Å²) in [5, 5.41) is 3.05. The molecule has 2 aromatic rings. The van der Waals surface area contributed by atoms with Crippen molar-refractivity contribution >= 4 is 15.9 Å². The van der Waals surface area contributed by atoms with E-state index in [0.717, 1.165) is 18.4 Å². The quantitative estimate of drug-likeness (QED) is 0.783. The Morgan fingerprint density at radius 1 is 1.00 bits per heavy atom. The van der Waals surface area contributed by atoms with Gasteiger partial charge in [0.1, 0.15) is 0 Å². The van der Waals surface area contributed by atoms with Crippen LogP contribution in [0.2, 0.25) is 0 Å². The summed E-state index contributed by atoms with van der Waals surface area (Å²) in [7, 11) is -3.50. The average Bonchev–Trinajstić information content (AvgIpc) is 3.43. The summed E-state index contributed by atoms with van der Waals surface area (Å²) in [6.45, 7) is 4.11. The fourth-order valence-corrected chi connectivity index (χ4v) is 4.10. The molecule has 1 amide bonds. The minimum Gasteiger partial charge on any atom is -0.345 e. The fraction of sp³-hybridized carbons (Fsp3) is 0.350. The molecular weight excluding hydrogens is 348 g/mol. The van der Waals surface area contributed by atoms with E-state index < -0.39 is 10.0 Å². The summed E-state index contributed by atoms with van der Waals surface area (Å²) in [5.41, 5.74) is 1.49. The van der Waals surface area contributed by atoms with Gasteiger partial charge in [-0.05, 0) is 48.6 Å². The van der Waals surface area contributed by atoms with Gasteiger partial charge in [0.25, 0.3) is 5.91 Å². The second-order valence-corrected chi connectivity index (χ2v) is 8.74. The van der Waals surface area contributed by atoms with Gasteiger partial charge in [-0.3, -0.25) is 4.79 Å². The topological polar surface area (TPSA) is 75.3 Å². The van der Waals surface area contributed by atoms with Crippen LogP contribution in [0.5, 0.6) is 0 Å². The molecule has 1 saturated carbocycles. The highest BCUT2D eigenvalue weighted by molar-refractivity contribution is 7.89. The SMILES string of the molecule is CC(C)C(NC(=O)c1ccc(S(=O)(=O)NC2CC2)cc1)c1ccccc1. The highest BCUT2D eigenvalue weighted by atomic mass is 32.2. The van der Waals surface area contributed by atoms with E-state index in [1.807, 2.05) is 30.3 Å². The van der Waals surface area contributed by atoms with Crippen molar-refractivity contribution in [2.75, 3.05) is 0 Å². The number of sulfonamides is 1. The molecule has 3 rings (SSSR count). The molecule has 6 heteroatoms. The van der Waals surface area contributed by atoms with E-state index in [9.17, 15) is 13.2 Å². The average molecular weight is 372 g/mol. The molecule has 1 atom stereocenters. The maximum absolute atomic E-state index is 12.6. The van der Waals surface area contributed by atoms with E-state index in [1.54, 1.807) is 12.1 Å². The third kappa shape index (κ3) is 4.51. The summed E-state index contributed by atoms with van der Waals surface area (Å²) in [6.07, 6.45) is 1.77. The minimum absolute atomic E-state index is 0.0562. The predicted octanol–water partition coefficient (Wildman–Crippen LogP) is 3.25. The lowest BCUT2D eigenvalue weighted by Crippen LogP contribution is -2.31.